The quantitative estimate of drug-likeness (QED) is 0.787. The highest BCUT2D eigenvalue weighted by molar-refractivity contribution is 5.68. The summed E-state index contributed by atoms with van der Waals surface area (Å²) < 4.78 is 5.13. The molecule has 1 aliphatic carbocycles. The fourth-order valence-corrected chi connectivity index (χ4v) is 2.20. The summed E-state index contributed by atoms with van der Waals surface area (Å²) in [6, 6.07) is 8.10. The van der Waals surface area contributed by atoms with Crippen LogP contribution in [0.3, 0.4) is 0 Å². The molecule has 16 heavy (non-hydrogen) atoms. The van der Waals surface area contributed by atoms with Gasteiger partial charge in [0.25, 0.3) is 0 Å². The Kier molecular flexibility index (Phi) is 3.22. The Morgan fingerprint density at radius 1 is 1.50 bits per heavy atom. The lowest BCUT2D eigenvalue weighted by Crippen LogP contribution is -2.28. The third kappa shape index (κ3) is 2.23. The van der Waals surface area contributed by atoms with Crippen LogP contribution in [0.15, 0.2) is 24.3 Å². The molecule has 0 unspecified atom stereocenters. The molecule has 0 aliphatic heterocycles. The van der Waals surface area contributed by atoms with E-state index in [0.29, 0.717) is 6.61 Å². The first-order chi connectivity index (χ1) is 7.68. The molecule has 4 nitrogen and oxygen atoms in total. The maximum atomic E-state index is 10.3. The molecule has 1 aromatic rings. The van der Waals surface area contributed by atoms with Crippen LogP contribution >= 0.6 is 0 Å². The van der Waals surface area contributed by atoms with Gasteiger partial charge in [0.05, 0.1) is 6.61 Å². The minimum absolute atomic E-state index is 0.0335. The van der Waals surface area contributed by atoms with Gasteiger partial charge in [-0.05, 0) is 17.5 Å². The molecule has 0 spiro atoms. The molecule has 4 heteroatoms. The summed E-state index contributed by atoms with van der Waals surface area (Å²) >= 11 is 0. The lowest BCUT2D eigenvalue weighted by Gasteiger charge is -2.16. The largest absolute Gasteiger partial charge is 0.480 e. The van der Waals surface area contributed by atoms with E-state index in [1.54, 1.807) is 0 Å². The van der Waals surface area contributed by atoms with Gasteiger partial charge in [0.15, 0.2) is 0 Å². The number of benzene rings is 1. The van der Waals surface area contributed by atoms with Crippen LogP contribution in [0.25, 0.3) is 0 Å². The first-order valence-electron chi connectivity index (χ1n) is 5.31. The van der Waals surface area contributed by atoms with Crippen molar-refractivity contribution in [2.75, 3.05) is 13.2 Å². The van der Waals surface area contributed by atoms with Crippen LogP contribution in [0.1, 0.15) is 17.0 Å². The van der Waals surface area contributed by atoms with Crippen molar-refractivity contribution in [1.29, 1.82) is 0 Å². The average Bonchev–Trinajstić information content (AvgIpc) is 2.55. The van der Waals surface area contributed by atoms with Crippen molar-refractivity contribution in [3.8, 4) is 0 Å². The number of hydrogen-bond donors (Lipinski definition) is 2. The second-order valence-corrected chi connectivity index (χ2v) is 4.08. The van der Waals surface area contributed by atoms with E-state index in [-0.39, 0.29) is 18.6 Å². The molecule has 0 heterocycles. The predicted molar refractivity (Wildman–Crippen MR) is 59.3 cm³/mol. The standard InChI is InChI=1S/C12H15NO3/c13-11-5-8-3-1-2-4-9(8)10(11)6-16-7-12(14)15/h1-4,10-11H,5-7,13H2,(H,14,15)/t10-,11-/m1/s1. The molecule has 0 saturated heterocycles. The summed E-state index contributed by atoms with van der Waals surface area (Å²) in [6.45, 7) is 0.121. The maximum Gasteiger partial charge on any atom is 0.329 e. The zero-order valence-electron chi connectivity index (χ0n) is 8.93. The first kappa shape index (κ1) is 11.1. The molecule has 0 aromatic heterocycles. The highest BCUT2D eigenvalue weighted by atomic mass is 16.5. The summed E-state index contributed by atoms with van der Waals surface area (Å²) in [5.41, 5.74) is 8.46. The third-order valence-electron chi connectivity index (χ3n) is 2.95. The van der Waals surface area contributed by atoms with Gasteiger partial charge in [-0.15, -0.1) is 0 Å². The van der Waals surface area contributed by atoms with Crippen molar-refractivity contribution < 1.29 is 14.6 Å². The summed E-state index contributed by atoms with van der Waals surface area (Å²) in [5, 5.41) is 8.49. The second kappa shape index (κ2) is 4.63. The van der Waals surface area contributed by atoms with Gasteiger partial charge in [0.2, 0.25) is 0 Å². The predicted octanol–water partition coefficient (Wildman–Crippen LogP) is 0.755. The van der Waals surface area contributed by atoms with Gasteiger partial charge < -0.3 is 15.6 Å². The van der Waals surface area contributed by atoms with Gasteiger partial charge in [0.1, 0.15) is 6.61 Å². The van der Waals surface area contributed by atoms with Crippen LogP contribution in [0, 0.1) is 0 Å². The van der Waals surface area contributed by atoms with Crippen molar-refractivity contribution in [3.05, 3.63) is 35.4 Å². The molecule has 0 bridgehead atoms. The van der Waals surface area contributed by atoms with Crippen molar-refractivity contribution in [2.45, 2.75) is 18.4 Å². The minimum Gasteiger partial charge on any atom is -0.480 e. The van der Waals surface area contributed by atoms with Crippen LogP contribution in [0.4, 0.5) is 0 Å². The van der Waals surface area contributed by atoms with E-state index in [1.807, 2.05) is 18.2 Å². The Balaban J connectivity index is 2.02. The van der Waals surface area contributed by atoms with E-state index in [0.717, 1.165) is 6.42 Å². The molecular formula is C12H15NO3. The van der Waals surface area contributed by atoms with E-state index < -0.39 is 5.97 Å². The maximum absolute atomic E-state index is 10.3. The van der Waals surface area contributed by atoms with E-state index in [4.69, 9.17) is 15.6 Å². The third-order valence-corrected chi connectivity index (χ3v) is 2.95. The summed E-state index contributed by atoms with van der Waals surface area (Å²) in [6.07, 6.45) is 0.845. The molecule has 0 amide bonds. The van der Waals surface area contributed by atoms with Gasteiger partial charge in [-0.3, -0.25) is 0 Å². The van der Waals surface area contributed by atoms with E-state index in [2.05, 4.69) is 6.07 Å². The molecule has 86 valence electrons. The van der Waals surface area contributed by atoms with Crippen molar-refractivity contribution in [2.24, 2.45) is 5.73 Å². The second-order valence-electron chi connectivity index (χ2n) is 4.08. The molecular weight excluding hydrogens is 206 g/mol. The molecule has 0 radical (unpaired) electrons. The Morgan fingerprint density at radius 2 is 2.25 bits per heavy atom. The number of hydrogen-bond acceptors (Lipinski definition) is 3. The fourth-order valence-electron chi connectivity index (χ4n) is 2.20. The van der Waals surface area contributed by atoms with E-state index in [1.165, 1.54) is 11.1 Å². The van der Waals surface area contributed by atoms with Gasteiger partial charge in [0, 0.05) is 12.0 Å². The van der Waals surface area contributed by atoms with Gasteiger partial charge in [-0.1, -0.05) is 24.3 Å². The van der Waals surface area contributed by atoms with Crippen molar-refractivity contribution in [1.82, 2.24) is 0 Å². The molecule has 2 atom stereocenters. The topological polar surface area (TPSA) is 72.5 Å². The summed E-state index contributed by atoms with van der Waals surface area (Å²) in [5.74, 6) is -0.824. The summed E-state index contributed by atoms with van der Waals surface area (Å²) in [7, 11) is 0. The zero-order chi connectivity index (χ0) is 11.5. The van der Waals surface area contributed by atoms with E-state index >= 15 is 0 Å². The van der Waals surface area contributed by atoms with Crippen LogP contribution in [-0.4, -0.2) is 30.3 Å². The number of rotatable bonds is 4. The number of ether oxygens (including phenoxy) is 1. The Morgan fingerprint density at radius 3 is 3.00 bits per heavy atom. The van der Waals surface area contributed by atoms with Crippen molar-refractivity contribution in [3.63, 3.8) is 0 Å². The SMILES string of the molecule is N[C@@H]1Cc2ccccc2[C@H]1COCC(=O)O. The van der Waals surface area contributed by atoms with Crippen LogP contribution in [-0.2, 0) is 16.0 Å². The lowest BCUT2D eigenvalue weighted by molar-refractivity contribution is -0.142. The zero-order valence-corrected chi connectivity index (χ0v) is 8.93. The van der Waals surface area contributed by atoms with Gasteiger partial charge >= 0.3 is 5.97 Å². The summed E-state index contributed by atoms with van der Waals surface area (Å²) in [4.78, 5) is 10.3. The number of aliphatic carboxylic acids is 1. The van der Waals surface area contributed by atoms with E-state index in [9.17, 15) is 4.79 Å². The van der Waals surface area contributed by atoms with Crippen LogP contribution < -0.4 is 5.73 Å². The molecule has 3 N–H and O–H groups in total. The average molecular weight is 221 g/mol. The van der Waals surface area contributed by atoms with Crippen molar-refractivity contribution >= 4 is 5.97 Å². The molecule has 1 aliphatic rings. The van der Waals surface area contributed by atoms with Gasteiger partial charge in [-0.2, -0.15) is 0 Å². The minimum atomic E-state index is -0.945. The number of nitrogens with two attached hydrogens (primary N) is 1. The van der Waals surface area contributed by atoms with Crippen LogP contribution in [0.5, 0.6) is 0 Å². The Hall–Kier alpha value is -1.39. The lowest BCUT2D eigenvalue weighted by atomic mass is 10.00. The number of carbonyl (C=O) groups is 1. The number of carboxylic acids is 1. The molecule has 0 fully saturated rings. The number of fused-ring (bicyclic) bond motifs is 1. The Labute approximate surface area is 94.0 Å². The smallest absolute Gasteiger partial charge is 0.329 e. The normalized spacial score (nSPS) is 23.1. The highest BCUT2D eigenvalue weighted by Gasteiger charge is 2.29. The fraction of sp³-hybridized carbons (Fsp3) is 0.417. The monoisotopic (exact) mass is 221 g/mol. The van der Waals surface area contributed by atoms with Gasteiger partial charge in [-0.25, -0.2) is 4.79 Å². The molecule has 1 aromatic carbocycles. The number of carboxylic acid groups (broad SMARTS) is 1. The Bertz CT molecular complexity index is 392. The van der Waals surface area contributed by atoms with Crippen LogP contribution in [0.2, 0.25) is 0 Å². The molecule has 0 saturated carbocycles. The molecule has 2 rings (SSSR count). The first-order valence-corrected chi connectivity index (χ1v) is 5.31. The highest BCUT2D eigenvalue weighted by Crippen LogP contribution is 2.32.